The molecule has 0 saturated carbocycles. The van der Waals surface area contributed by atoms with Crippen molar-refractivity contribution in [1.29, 1.82) is 0 Å². The van der Waals surface area contributed by atoms with Crippen LogP contribution < -0.4 is 53.5 Å². The van der Waals surface area contributed by atoms with Crippen molar-refractivity contribution >= 4 is 5.91 Å². The van der Waals surface area contributed by atoms with Crippen LogP contribution in [0, 0.1) is 0 Å². The van der Waals surface area contributed by atoms with Crippen LogP contribution in [-0.2, 0) is 4.79 Å². The van der Waals surface area contributed by atoms with Crippen LogP contribution in [0.2, 0.25) is 0 Å². The van der Waals surface area contributed by atoms with E-state index in [4.69, 9.17) is 0 Å². The molecular weight excluding hydrogens is 228 g/mol. The Morgan fingerprint density at radius 2 is 1.50 bits per heavy atom. The van der Waals surface area contributed by atoms with E-state index >= 15 is 0 Å². The van der Waals surface area contributed by atoms with Gasteiger partial charge in [0.05, 0.1) is 0 Å². The van der Waals surface area contributed by atoms with E-state index in [1.165, 1.54) is 11.8 Å². The summed E-state index contributed by atoms with van der Waals surface area (Å²) < 4.78 is 0. The van der Waals surface area contributed by atoms with Gasteiger partial charge in [-0.05, 0) is 0 Å². The summed E-state index contributed by atoms with van der Waals surface area (Å²) in [5.41, 5.74) is 0. The van der Waals surface area contributed by atoms with Gasteiger partial charge in [-0.3, -0.25) is 4.79 Å². The van der Waals surface area contributed by atoms with E-state index in [1.54, 1.807) is 14.1 Å². The van der Waals surface area contributed by atoms with E-state index in [1.807, 2.05) is 0 Å². The maximum Gasteiger partial charge on any atom is 1.00 e. The van der Waals surface area contributed by atoms with Gasteiger partial charge in [-0.25, -0.2) is 0 Å². The molecule has 0 aromatic heterocycles. The molecule has 4 heteroatoms. The molecule has 0 unspecified atom stereocenters. The molecule has 0 aliphatic heterocycles. The van der Waals surface area contributed by atoms with Crippen molar-refractivity contribution < 1.29 is 58.3 Å². The fourth-order valence-corrected chi connectivity index (χ4v) is 0. The number of amides is 1. The Morgan fingerprint density at radius 3 is 1.50 bits per heavy atom. The Balaban J connectivity index is -0.000000125. The molecule has 2 nitrogen and oxygen atoms in total. The number of hydrogen-bond acceptors (Lipinski definition) is 1. The third kappa shape index (κ3) is 10.2. The second-order valence-electron chi connectivity index (χ2n) is 1.41. The van der Waals surface area contributed by atoms with Gasteiger partial charge in [-0.2, -0.15) is 0 Å². The monoisotopic (exact) mass is 237 g/mol. The molecule has 0 saturated heterocycles. The second kappa shape index (κ2) is 8.20. The van der Waals surface area contributed by atoms with E-state index < -0.39 is 0 Å². The largest absolute Gasteiger partial charge is 1.00 e. The van der Waals surface area contributed by atoms with Crippen LogP contribution in [0.5, 0.6) is 0 Å². The van der Waals surface area contributed by atoms with Crippen molar-refractivity contribution in [3.63, 3.8) is 0 Å². The fraction of sp³-hybridized carbons (Fsp3) is 0.750. The molecular formula is C4H9INNaO. The van der Waals surface area contributed by atoms with Crippen LogP contribution in [0.4, 0.5) is 0 Å². The van der Waals surface area contributed by atoms with Crippen LogP contribution >= 0.6 is 0 Å². The minimum Gasteiger partial charge on any atom is -1.00 e. The molecule has 0 aromatic rings. The maximum atomic E-state index is 10.1. The molecule has 0 spiro atoms. The predicted octanol–water partition coefficient (Wildman–Crippen LogP) is -5.90. The zero-order valence-corrected chi connectivity index (χ0v) is 9.89. The van der Waals surface area contributed by atoms with E-state index in [-0.39, 0.29) is 59.4 Å². The zero-order valence-electron chi connectivity index (χ0n) is 5.73. The predicted molar refractivity (Wildman–Crippen MR) is 24.4 cm³/mol. The van der Waals surface area contributed by atoms with Gasteiger partial charge in [0.1, 0.15) is 0 Å². The molecule has 0 aliphatic rings. The third-order valence-corrected chi connectivity index (χ3v) is 0.630. The van der Waals surface area contributed by atoms with Crippen LogP contribution in [0.25, 0.3) is 0 Å². The van der Waals surface area contributed by atoms with E-state index in [0.717, 1.165) is 0 Å². The van der Waals surface area contributed by atoms with Crippen molar-refractivity contribution in [2.75, 3.05) is 14.1 Å². The third-order valence-electron chi connectivity index (χ3n) is 0.630. The first-order valence-electron chi connectivity index (χ1n) is 1.82. The molecule has 8 heavy (non-hydrogen) atoms. The van der Waals surface area contributed by atoms with E-state index in [9.17, 15) is 4.79 Å². The van der Waals surface area contributed by atoms with Crippen LogP contribution in [0.1, 0.15) is 6.92 Å². The molecule has 0 N–H and O–H groups in total. The average molecular weight is 237 g/mol. The van der Waals surface area contributed by atoms with Gasteiger partial charge in [0.15, 0.2) is 0 Å². The van der Waals surface area contributed by atoms with Gasteiger partial charge < -0.3 is 28.9 Å². The van der Waals surface area contributed by atoms with E-state index in [0.29, 0.717) is 0 Å². The Morgan fingerprint density at radius 1 is 1.38 bits per heavy atom. The van der Waals surface area contributed by atoms with Gasteiger partial charge in [0.2, 0.25) is 5.91 Å². The number of carbonyl (C=O) groups excluding carboxylic acids is 1. The number of hydrogen-bond donors (Lipinski definition) is 0. The summed E-state index contributed by atoms with van der Waals surface area (Å²) in [7, 11) is 3.45. The summed E-state index contributed by atoms with van der Waals surface area (Å²) in [4.78, 5) is 11.6. The van der Waals surface area contributed by atoms with Gasteiger partial charge in [0, 0.05) is 21.0 Å². The standard InChI is InChI=1S/C4H9NO.HI.Na/c1-4(6)5(2)3;;/h1-3H3;1H;/q;;+1/p-1. The van der Waals surface area contributed by atoms with Gasteiger partial charge in [0.25, 0.3) is 0 Å². The molecule has 0 aromatic carbocycles. The summed E-state index contributed by atoms with van der Waals surface area (Å²) in [6.07, 6.45) is 0. The Hall–Kier alpha value is 1.20. The van der Waals surface area contributed by atoms with Gasteiger partial charge >= 0.3 is 29.6 Å². The minimum atomic E-state index is 0. The Bertz CT molecular complexity index is 67.1. The molecule has 0 rings (SSSR count). The molecule has 1 amide bonds. The normalized spacial score (nSPS) is 5.88. The first kappa shape index (κ1) is 16.1. The quantitative estimate of drug-likeness (QED) is 0.303. The van der Waals surface area contributed by atoms with Crippen LogP contribution in [0.3, 0.4) is 0 Å². The first-order chi connectivity index (χ1) is 2.64. The molecule has 44 valence electrons. The van der Waals surface area contributed by atoms with Crippen molar-refractivity contribution in [2.24, 2.45) is 0 Å². The Labute approximate surface area is 89.3 Å². The summed E-state index contributed by atoms with van der Waals surface area (Å²) in [6.45, 7) is 1.53. The van der Waals surface area contributed by atoms with Gasteiger partial charge in [-0.1, -0.05) is 0 Å². The minimum absolute atomic E-state index is 0. The number of nitrogens with zero attached hydrogens (tertiary/aromatic N) is 1. The zero-order chi connectivity index (χ0) is 5.15. The molecule has 0 bridgehead atoms. The average Bonchev–Trinajstić information content (AvgIpc) is 1.36. The molecule has 0 aliphatic carbocycles. The Kier molecular flexibility index (Phi) is 16.5. The molecule has 0 fully saturated rings. The second-order valence-corrected chi connectivity index (χ2v) is 1.41. The number of halogens is 1. The maximum absolute atomic E-state index is 10.1. The van der Waals surface area contributed by atoms with Crippen molar-refractivity contribution in [3.05, 3.63) is 0 Å². The summed E-state index contributed by atoms with van der Waals surface area (Å²) in [5.74, 6) is 0.0926. The molecule has 0 heterocycles. The van der Waals surface area contributed by atoms with Crippen molar-refractivity contribution in [1.82, 2.24) is 4.90 Å². The first-order valence-corrected chi connectivity index (χ1v) is 1.82. The van der Waals surface area contributed by atoms with Crippen molar-refractivity contribution in [2.45, 2.75) is 6.92 Å². The fourth-order valence-electron chi connectivity index (χ4n) is 0. The number of carbonyl (C=O) groups is 1. The topological polar surface area (TPSA) is 20.3 Å². The summed E-state index contributed by atoms with van der Waals surface area (Å²) >= 11 is 0. The summed E-state index contributed by atoms with van der Waals surface area (Å²) in [6, 6.07) is 0. The summed E-state index contributed by atoms with van der Waals surface area (Å²) in [5, 5.41) is 0. The molecule has 0 radical (unpaired) electrons. The van der Waals surface area contributed by atoms with E-state index in [2.05, 4.69) is 0 Å². The van der Waals surface area contributed by atoms with Gasteiger partial charge in [-0.15, -0.1) is 0 Å². The molecule has 0 atom stereocenters. The SMILES string of the molecule is CC(=O)N(C)C.[I-].[Na+]. The van der Waals surface area contributed by atoms with Crippen LogP contribution in [-0.4, -0.2) is 24.9 Å². The van der Waals surface area contributed by atoms with Crippen molar-refractivity contribution in [3.8, 4) is 0 Å². The van der Waals surface area contributed by atoms with Crippen LogP contribution in [0.15, 0.2) is 0 Å². The number of rotatable bonds is 0. The smallest absolute Gasteiger partial charge is 1.00 e.